The molecule has 0 saturated carbocycles. The van der Waals surface area contributed by atoms with Gasteiger partial charge in [-0.3, -0.25) is 10.1 Å². The van der Waals surface area contributed by atoms with E-state index in [-0.39, 0.29) is 30.5 Å². The number of thiocarbonyl (C=S) groups is 1. The van der Waals surface area contributed by atoms with E-state index < -0.39 is 17.4 Å². The number of benzene rings is 1. The predicted molar refractivity (Wildman–Crippen MR) is 123 cm³/mol. The second kappa shape index (κ2) is 9.55. The van der Waals surface area contributed by atoms with Gasteiger partial charge in [0.1, 0.15) is 0 Å². The van der Waals surface area contributed by atoms with Gasteiger partial charge in [-0.15, -0.1) is 0 Å². The number of carbonyl (C=O) groups is 1. The summed E-state index contributed by atoms with van der Waals surface area (Å²) in [4.78, 5) is 17.3. The first-order valence-corrected chi connectivity index (χ1v) is 11.7. The number of nitrogens with zero attached hydrogens (tertiary/aromatic N) is 2. The second-order valence-electron chi connectivity index (χ2n) is 9.25. The minimum Gasteiger partial charge on any atom is -0.360 e. The zero-order chi connectivity index (χ0) is 23.7. The van der Waals surface area contributed by atoms with Crippen molar-refractivity contribution in [3.63, 3.8) is 0 Å². The van der Waals surface area contributed by atoms with E-state index in [4.69, 9.17) is 12.2 Å². The lowest BCUT2D eigenvalue weighted by Gasteiger charge is -2.45. The van der Waals surface area contributed by atoms with Crippen molar-refractivity contribution in [3.05, 3.63) is 35.4 Å². The minimum absolute atomic E-state index is 0.0342. The first-order chi connectivity index (χ1) is 15.0. The molecule has 2 aliphatic rings. The van der Waals surface area contributed by atoms with E-state index in [9.17, 15) is 18.0 Å². The first-order valence-electron chi connectivity index (χ1n) is 11.3. The van der Waals surface area contributed by atoms with Crippen LogP contribution >= 0.6 is 12.2 Å². The molecule has 178 valence electrons. The fourth-order valence-corrected chi connectivity index (χ4v) is 4.94. The van der Waals surface area contributed by atoms with Gasteiger partial charge in [-0.05, 0) is 49.7 Å². The molecule has 0 aliphatic carbocycles. The Labute approximate surface area is 193 Å². The summed E-state index contributed by atoms with van der Waals surface area (Å²) in [6.07, 6.45) is -2.26. The molecule has 2 atom stereocenters. The number of piperidine rings is 1. The number of hydrogen-bond acceptors (Lipinski definition) is 3. The van der Waals surface area contributed by atoms with Crippen LogP contribution in [-0.2, 0) is 17.5 Å². The summed E-state index contributed by atoms with van der Waals surface area (Å²) in [5.74, 6) is 0.0979. The average molecular weight is 471 g/mol. The zero-order valence-corrected chi connectivity index (χ0v) is 19.9. The Bertz CT molecular complexity index is 837. The quantitative estimate of drug-likeness (QED) is 0.634. The van der Waals surface area contributed by atoms with Gasteiger partial charge in [0.25, 0.3) is 0 Å². The first kappa shape index (κ1) is 24.8. The standard InChI is InChI=1S/C23H33F3N4OS/c1-5-16(4)19-20(31)30(14-17-7-6-8-18(13-17)23(24,25)26)22(28-19)9-11-29(12-10-22)21(32)27-15(2)3/h6-8,13,15-16,19,28H,5,9-12,14H2,1-4H3,(H,27,32)/t16-,19+/m0/s1. The number of hydrogen-bond donors (Lipinski definition) is 2. The summed E-state index contributed by atoms with van der Waals surface area (Å²) in [5, 5.41) is 7.54. The van der Waals surface area contributed by atoms with Crippen LogP contribution in [-0.4, -0.2) is 51.7 Å². The molecule has 3 rings (SSSR count). The highest BCUT2D eigenvalue weighted by Crippen LogP contribution is 2.37. The van der Waals surface area contributed by atoms with Gasteiger partial charge in [0.05, 0.1) is 17.3 Å². The van der Waals surface area contributed by atoms with Gasteiger partial charge in [0.2, 0.25) is 5.91 Å². The molecule has 9 heteroatoms. The smallest absolute Gasteiger partial charge is 0.360 e. The third kappa shape index (κ3) is 5.20. The number of nitrogens with one attached hydrogen (secondary N) is 2. The van der Waals surface area contributed by atoms with Gasteiger partial charge in [-0.25, -0.2) is 0 Å². The van der Waals surface area contributed by atoms with Crippen molar-refractivity contribution in [2.75, 3.05) is 13.1 Å². The molecule has 1 aromatic carbocycles. The molecule has 2 saturated heterocycles. The van der Waals surface area contributed by atoms with Gasteiger partial charge in [-0.1, -0.05) is 32.4 Å². The zero-order valence-electron chi connectivity index (χ0n) is 19.1. The van der Waals surface area contributed by atoms with Gasteiger partial charge in [0.15, 0.2) is 5.11 Å². The number of rotatable bonds is 5. The molecule has 1 spiro atoms. The number of halogens is 3. The van der Waals surface area contributed by atoms with Gasteiger partial charge < -0.3 is 15.1 Å². The number of carbonyl (C=O) groups excluding carboxylic acids is 1. The third-order valence-corrected chi connectivity index (χ3v) is 6.95. The van der Waals surface area contributed by atoms with E-state index in [1.165, 1.54) is 6.07 Å². The molecule has 2 aliphatic heterocycles. The molecule has 32 heavy (non-hydrogen) atoms. The van der Waals surface area contributed by atoms with Crippen molar-refractivity contribution in [3.8, 4) is 0 Å². The minimum atomic E-state index is -4.41. The van der Waals surface area contributed by atoms with Crippen molar-refractivity contribution in [2.24, 2.45) is 5.92 Å². The molecule has 0 bridgehead atoms. The van der Waals surface area contributed by atoms with Crippen LogP contribution in [0.5, 0.6) is 0 Å². The maximum Gasteiger partial charge on any atom is 0.416 e. The van der Waals surface area contributed by atoms with E-state index >= 15 is 0 Å². The second-order valence-corrected chi connectivity index (χ2v) is 9.64. The Hall–Kier alpha value is -1.87. The molecule has 5 nitrogen and oxygen atoms in total. The predicted octanol–water partition coefficient (Wildman–Crippen LogP) is 4.13. The van der Waals surface area contributed by atoms with Crippen LogP contribution in [0.2, 0.25) is 0 Å². The Morgan fingerprint density at radius 2 is 1.94 bits per heavy atom. The van der Waals surface area contributed by atoms with Crippen molar-refractivity contribution >= 4 is 23.2 Å². The van der Waals surface area contributed by atoms with E-state index in [1.54, 1.807) is 11.0 Å². The highest BCUT2D eigenvalue weighted by Gasteiger charge is 2.52. The molecule has 0 radical (unpaired) electrons. The van der Waals surface area contributed by atoms with E-state index in [2.05, 4.69) is 15.5 Å². The molecule has 0 unspecified atom stereocenters. The number of alkyl halides is 3. The molecule has 0 aromatic heterocycles. The lowest BCUT2D eigenvalue weighted by molar-refractivity contribution is -0.137. The maximum atomic E-state index is 13.4. The third-order valence-electron chi connectivity index (χ3n) is 6.57. The van der Waals surface area contributed by atoms with Crippen LogP contribution in [0.25, 0.3) is 0 Å². The summed E-state index contributed by atoms with van der Waals surface area (Å²) >= 11 is 5.51. The highest BCUT2D eigenvalue weighted by atomic mass is 32.1. The van der Waals surface area contributed by atoms with Crippen LogP contribution in [0.1, 0.15) is 58.1 Å². The fraction of sp³-hybridized carbons (Fsp3) is 0.652. The van der Waals surface area contributed by atoms with Crippen molar-refractivity contribution in [1.29, 1.82) is 0 Å². The van der Waals surface area contributed by atoms with Crippen molar-refractivity contribution in [1.82, 2.24) is 20.4 Å². The van der Waals surface area contributed by atoms with E-state index in [0.29, 0.717) is 36.6 Å². The molecule has 1 aromatic rings. The van der Waals surface area contributed by atoms with Crippen LogP contribution in [0, 0.1) is 5.92 Å². The van der Waals surface area contributed by atoms with Crippen LogP contribution in [0.15, 0.2) is 24.3 Å². The van der Waals surface area contributed by atoms with Crippen LogP contribution < -0.4 is 10.6 Å². The monoisotopic (exact) mass is 470 g/mol. The largest absolute Gasteiger partial charge is 0.416 e. The van der Waals surface area contributed by atoms with Crippen molar-refractivity contribution < 1.29 is 18.0 Å². The number of likely N-dealkylation sites (tertiary alicyclic amines) is 1. The van der Waals surface area contributed by atoms with Crippen molar-refractivity contribution in [2.45, 2.75) is 77.4 Å². The Balaban J connectivity index is 1.84. The summed E-state index contributed by atoms with van der Waals surface area (Å²) in [7, 11) is 0. The summed E-state index contributed by atoms with van der Waals surface area (Å²) in [6, 6.07) is 5.17. The average Bonchev–Trinajstić information content (AvgIpc) is 2.99. The maximum absolute atomic E-state index is 13.4. The molecule has 1 amide bonds. The molecule has 2 heterocycles. The molecule has 2 N–H and O–H groups in total. The Morgan fingerprint density at radius 1 is 1.28 bits per heavy atom. The lowest BCUT2D eigenvalue weighted by atomic mass is 9.95. The van der Waals surface area contributed by atoms with Crippen LogP contribution in [0.4, 0.5) is 13.2 Å². The summed E-state index contributed by atoms with van der Waals surface area (Å²) < 4.78 is 39.6. The molecular weight excluding hydrogens is 437 g/mol. The fourth-order valence-electron chi connectivity index (χ4n) is 4.52. The normalized spacial score (nSPS) is 22.0. The van der Waals surface area contributed by atoms with Gasteiger partial charge in [-0.2, -0.15) is 13.2 Å². The van der Waals surface area contributed by atoms with E-state index in [1.807, 2.05) is 27.7 Å². The molecular formula is C23H33F3N4OS. The Morgan fingerprint density at radius 3 is 2.50 bits per heavy atom. The van der Waals surface area contributed by atoms with E-state index in [0.717, 1.165) is 18.6 Å². The summed E-state index contributed by atoms with van der Waals surface area (Å²) in [6.45, 7) is 9.63. The Kier molecular flexibility index (Phi) is 7.39. The highest BCUT2D eigenvalue weighted by molar-refractivity contribution is 7.80. The topological polar surface area (TPSA) is 47.6 Å². The SMILES string of the molecule is CC[C@H](C)[C@H]1NC2(CCN(C(=S)NC(C)C)CC2)N(Cc2cccc(C(F)(F)F)c2)C1=O. The number of amides is 1. The molecule has 2 fully saturated rings. The van der Waals surface area contributed by atoms with Crippen LogP contribution in [0.3, 0.4) is 0 Å². The lowest BCUT2D eigenvalue weighted by Crippen LogP contribution is -2.60. The van der Waals surface area contributed by atoms with Gasteiger partial charge in [0, 0.05) is 38.5 Å². The summed E-state index contributed by atoms with van der Waals surface area (Å²) in [5.41, 5.74) is -0.788. The van der Waals surface area contributed by atoms with Gasteiger partial charge >= 0.3 is 6.18 Å².